The first-order valence-electron chi connectivity index (χ1n) is 13.6. The van der Waals surface area contributed by atoms with Gasteiger partial charge in [-0.3, -0.25) is 9.59 Å². The molecule has 1 fully saturated rings. The highest BCUT2D eigenvalue weighted by molar-refractivity contribution is 5.92. The normalized spacial score (nSPS) is 13.7. The Labute approximate surface area is 246 Å². The number of imidazole rings is 1. The topological polar surface area (TPSA) is 192 Å². The average molecular weight is 593 g/mol. The number of aliphatic carboxylic acids is 1. The first-order chi connectivity index (χ1) is 20.5. The van der Waals surface area contributed by atoms with Gasteiger partial charge in [-0.2, -0.15) is 0 Å². The number of ether oxygens (including phenoxy) is 1. The van der Waals surface area contributed by atoms with E-state index in [1.165, 1.54) is 35.4 Å². The van der Waals surface area contributed by atoms with E-state index in [9.17, 15) is 14.7 Å². The Kier molecular flexibility index (Phi) is 8.00. The minimum absolute atomic E-state index is 0.0101. The van der Waals surface area contributed by atoms with Crippen molar-refractivity contribution in [3.05, 3.63) is 77.0 Å². The fourth-order valence-corrected chi connectivity index (χ4v) is 4.78. The van der Waals surface area contributed by atoms with Gasteiger partial charge in [-0.05, 0) is 72.7 Å². The molecule has 5 rings (SSSR count). The van der Waals surface area contributed by atoms with E-state index in [-0.39, 0.29) is 30.1 Å². The van der Waals surface area contributed by atoms with E-state index < -0.39 is 23.1 Å². The van der Waals surface area contributed by atoms with Crippen LogP contribution in [-0.2, 0) is 29.1 Å². The third kappa shape index (κ3) is 6.40. The van der Waals surface area contributed by atoms with Gasteiger partial charge in [-0.15, -0.1) is 5.10 Å². The van der Waals surface area contributed by atoms with Gasteiger partial charge in [0.25, 0.3) is 5.91 Å². The molecule has 0 unspecified atom stereocenters. The van der Waals surface area contributed by atoms with Gasteiger partial charge in [-0.1, -0.05) is 6.07 Å². The van der Waals surface area contributed by atoms with E-state index in [0.717, 1.165) is 24.0 Å². The molecule has 15 heteroatoms. The zero-order valence-corrected chi connectivity index (χ0v) is 24.0. The summed E-state index contributed by atoms with van der Waals surface area (Å²) >= 11 is 0. The Hall–Kier alpha value is -5.05. The molecule has 0 atom stereocenters. The Morgan fingerprint density at radius 1 is 1.30 bits per heavy atom. The molecule has 6 N–H and O–H groups in total. The number of rotatable bonds is 12. The summed E-state index contributed by atoms with van der Waals surface area (Å²) in [7, 11) is 1.33. The summed E-state index contributed by atoms with van der Waals surface area (Å²) in [5.74, 6) is 4.37. The van der Waals surface area contributed by atoms with Gasteiger partial charge in [0.05, 0.1) is 30.5 Å². The summed E-state index contributed by atoms with van der Waals surface area (Å²) in [6, 6.07) is 5.05. The molecule has 226 valence electrons. The molecule has 0 aliphatic heterocycles. The van der Waals surface area contributed by atoms with Gasteiger partial charge in [-0.25, -0.2) is 19.9 Å². The number of halogens is 1. The van der Waals surface area contributed by atoms with Crippen LogP contribution in [0.1, 0.15) is 55.0 Å². The Morgan fingerprint density at radius 2 is 2.07 bits per heavy atom. The van der Waals surface area contributed by atoms with Gasteiger partial charge in [0.2, 0.25) is 0 Å². The fourth-order valence-electron chi connectivity index (χ4n) is 4.78. The smallest absolute Gasteiger partial charge is 0.309 e. The Bertz CT molecular complexity index is 1700. The number of pyridine rings is 1. The molecule has 4 aromatic rings. The lowest BCUT2D eigenvalue weighted by atomic mass is 9.86. The maximum atomic E-state index is 15.1. The number of benzene rings is 1. The standard InChI is InChI=1S/C28H33FN10O4/c1-28(2,27(41)42)9-17-8-18(16-4-5-16)11-37-12-19(34-25(17)37)13-38(31)14-21(30)26(40)32-10-20-22(39-15-33-35-36-39)6-7-23(43-3)24(20)29/h6-8,11-12,14-16H,4-5,9-10,13,30-31H2,1-3H3,(H,32,40)(H,41,42)/b21-14-. The van der Waals surface area contributed by atoms with Crippen LogP contribution in [0.4, 0.5) is 4.39 Å². The molecule has 0 spiro atoms. The predicted molar refractivity (Wildman–Crippen MR) is 152 cm³/mol. The SMILES string of the molecule is COc1ccc(-n2cnnn2)c(CNC(=O)/C(N)=C/N(N)Cc2cn3cc(C4CC4)cc(CC(C)(C)C(=O)O)c3n2)c1F. The maximum Gasteiger partial charge on any atom is 0.309 e. The highest BCUT2D eigenvalue weighted by atomic mass is 19.1. The van der Waals surface area contributed by atoms with Gasteiger partial charge in [0, 0.05) is 30.7 Å². The lowest BCUT2D eigenvalue weighted by molar-refractivity contribution is -0.146. The lowest BCUT2D eigenvalue weighted by Crippen LogP contribution is -2.33. The number of carboxylic acid groups (broad SMARTS) is 1. The molecule has 43 heavy (non-hydrogen) atoms. The number of carbonyl (C=O) groups excluding carboxylic acids is 1. The maximum absolute atomic E-state index is 15.1. The van der Waals surface area contributed by atoms with E-state index in [0.29, 0.717) is 29.4 Å². The number of nitrogens with two attached hydrogens (primary N) is 2. The number of nitrogens with zero attached hydrogens (tertiary/aromatic N) is 7. The van der Waals surface area contributed by atoms with E-state index in [1.807, 2.05) is 22.9 Å². The van der Waals surface area contributed by atoms with E-state index in [4.69, 9.17) is 21.3 Å². The van der Waals surface area contributed by atoms with E-state index in [1.54, 1.807) is 19.9 Å². The Balaban J connectivity index is 1.30. The van der Waals surface area contributed by atoms with Crippen LogP contribution < -0.4 is 21.6 Å². The fraction of sp³-hybridized carbons (Fsp3) is 0.357. The number of tetrazole rings is 1. The second kappa shape index (κ2) is 11.7. The number of methoxy groups -OCH3 is 1. The van der Waals surface area contributed by atoms with Crippen molar-refractivity contribution < 1.29 is 23.8 Å². The number of carboxylic acids is 1. The van der Waals surface area contributed by atoms with Crippen LogP contribution in [0.3, 0.4) is 0 Å². The van der Waals surface area contributed by atoms with Gasteiger partial charge >= 0.3 is 5.97 Å². The molecular formula is C28H33FN10O4. The molecule has 0 bridgehead atoms. The largest absolute Gasteiger partial charge is 0.494 e. The van der Waals surface area contributed by atoms with E-state index >= 15 is 4.39 Å². The molecular weight excluding hydrogens is 559 g/mol. The molecule has 1 aromatic carbocycles. The van der Waals surface area contributed by atoms with Gasteiger partial charge in [0.15, 0.2) is 11.6 Å². The van der Waals surface area contributed by atoms with Crippen LogP contribution in [0.5, 0.6) is 5.75 Å². The summed E-state index contributed by atoms with van der Waals surface area (Å²) in [6.07, 6.45) is 8.91. The van der Waals surface area contributed by atoms with Crippen molar-refractivity contribution in [3.8, 4) is 11.4 Å². The van der Waals surface area contributed by atoms with Crippen molar-refractivity contribution in [2.45, 2.75) is 52.1 Å². The third-order valence-corrected chi connectivity index (χ3v) is 7.29. The molecule has 1 saturated carbocycles. The second-order valence-electron chi connectivity index (χ2n) is 11.2. The number of hydrogen-bond acceptors (Lipinski definition) is 10. The molecule has 1 aliphatic carbocycles. The van der Waals surface area contributed by atoms with Crippen molar-refractivity contribution in [2.24, 2.45) is 17.0 Å². The predicted octanol–water partition coefficient (Wildman–Crippen LogP) is 1.78. The summed E-state index contributed by atoms with van der Waals surface area (Å²) in [6.45, 7) is 3.26. The third-order valence-electron chi connectivity index (χ3n) is 7.29. The van der Waals surface area contributed by atoms with E-state index in [2.05, 4.69) is 20.8 Å². The number of fused-ring (bicyclic) bond motifs is 1. The average Bonchev–Trinajstić information content (AvgIpc) is 3.50. The van der Waals surface area contributed by atoms with Crippen molar-refractivity contribution >= 4 is 17.5 Å². The molecule has 3 heterocycles. The zero-order chi connectivity index (χ0) is 30.9. The van der Waals surface area contributed by atoms with Crippen LogP contribution in [0, 0.1) is 11.2 Å². The number of aromatic nitrogens is 6. The molecule has 0 radical (unpaired) electrons. The number of hydrogen-bond donors (Lipinski definition) is 4. The van der Waals surface area contributed by atoms with Gasteiger partial charge < -0.3 is 30.3 Å². The van der Waals surface area contributed by atoms with Crippen molar-refractivity contribution in [1.82, 2.24) is 39.9 Å². The van der Waals surface area contributed by atoms with Crippen LogP contribution in [0.15, 0.2) is 48.8 Å². The minimum atomic E-state index is -0.972. The first-order valence-corrected chi connectivity index (χ1v) is 13.6. The van der Waals surface area contributed by atoms with Crippen molar-refractivity contribution in [2.75, 3.05) is 7.11 Å². The molecule has 14 nitrogen and oxygen atoms in total. The summed E-state index contributed by atoms with van der Waals surface area (Å²) < 4.78 is 23.3. The van der Waals surface area contributed by atoms with Crippen molar-refractivity contribution in [1.29, 1.82) is 0 Å². The molecule has 0 saturated heterocycles. The number of nitrogens with one attached hydrogen (secondary N) is 1. The first kappa shape index (κ1) is 29.4. The highest BCUT2D eigenvalue weighted by Crippen LogP contribution is 2.41. The minimum Gasteiger partial charge on any atom is -0.494 e. The summed E-state index contributed by atoms with van der Waals surface area (Å²) in [5.41, 5.74) is 8.47. The van der Waals surface area contributed by atoms with Crippen LogP contribution in [0.25, 0.3) is 11.3 Å². The highest BCUT2D eigenvalue weighted by Gasteiger charge is 2.31. The number of carbonyl (C=O) groups is 2. The quantitative estimate of drug-likeness (QED) is 0.106. The van der Waals surface area contributed by atoms with Crippen LogP contribution in [-0.4, -0.2) is 58.7 Å². The second-order valence-corrected chi connectivity index (χ2v) is 11.2. The molecule has 3 aromatic heterocycles. The van der Waals surface area contributed by atoms with Crippen LogP contribution in [0.2, 0.25) is 0 Å². The number of hydrazine groups is 1. The molecule has 1 aliphatic rings. The number of amides is 1. The monoisotopic (exact) mass is 592 g/mol. The van der Waals surface area contributed by atoms with Crippen molar-refractivity contribution in [3.63, 3.8) is 0 Å². The zero-order valence-electron chi connectivity index (χ0n) is 24.0. The summed E-state index contributed by atoms with van der Waals surface area (Å²) in [5, 5.41) is 24.4. The van der Waals surface area contributed by atoms with Gasteiger partial charge in [0.1, 0.15) is 17.7 Å². The van der Waals surface area contributed by atoms with Crippen LogP contribution >= 0.6 is 0 Å². The lowest BCUT2D eigenvalue weighted by Gasteiger charge is -2.20. The molecule has 1 amide bonds. The summed E-state index contributed by atoms with van der Waals surface area (Å²) in [4.78, 5) is 29.3. The Morgan fingerprint density at radius 3 is 2.72 bits per heavy atom.